The largest absolute Gasteiger partial charge is 0.378 e. The number of carbonyl (C=O) groups excluding carboxylic acids is 1. The van der Waals surface area contributed by atoms with Gasteiger partial charge in [0, 0.05) is 12.3 Å². The average Bonchev–Trinajstić information content (AvgIpc) is 3.20. The number of hydrogen-bond acceptors (Lipinski definition) is 9. The van der Waals surface area contributed by atoms with Crippen LogP contribution in [0.5, 0.6) is 0 Å². The summed E-state index contributed by atoms with van der Waals surface area (Å²) in [5, 5.41) is 19.3. The Morgan fingerprint density at radius 1 is 1.35 bits per heavy atom. The Labute approximate surface area is 150 Å². The molecule has 2 aromatic rings. The molecule has 3 rings (SSSR count). The van der Waals surface area contributed by atoms with Crippen molar-refractivity contribution in [2.75, 3.05) is 18.8 Å². The molecule has 0 saturated carbocycles. The molecule has 3 heterocycles. The normalized spacial score (nSPS) is 15.8. The van der Waals surface area contributed by atoms with E-state index in [1.807, 2.05) is 0 Å². The van der Waals surface area contributed by atoms with Crippen molar-refractivity contribution in [1.29, 1.82) is 0 Å². The summed E-state index contributed by atoms with van der Waals surface area (Å²) in [6.07, 6.45) is 2.21. The molecule has 0 unspecified atom stereocenters. The first-order chi connectivity index (χ1) is 12.5. The number of hydrogen-bond donors (Lipinski definition) is 2. The molecule has 11 nitrogen and oxygen atoms in total. The molecular formula is C15H23N9O2. The number of amides is 1. The monoisotopic (exact) mass is 361 g/mol. The first kappa shape index (κ1) is 18.0. The quantitative estimate of drug-likeness (QED) is 0.582. The Morgan fingerprint density at radius 2 is 2.08 bits per heavy atom. The third kappa shape index (κ3) is 3.87. The molecule has 26 heavy (non-hydrogen) atoms. The molecule has 1 amide bonds. The molecule has 0 atom stereocenters. The second-order valence-corrected chi connectivity index (χ2v) is 6.73. The van der Waals surface area contributed by atoms with E-state index in [9.17, 15) is 4.79 Å². The fourth-order valence-corrected chi connectivity index (χ4v) is 2.78. The summed E-state index contributed by atoms with van der Waals surface area (Å²) in [4.78, 5) is 14.7. The number of rotatable bonds is 5. The van der Waals surface area contributed by atoms with Gasteiger partial charge in [0.15, 0.2) is 5.69 Å². The van der Waals surface area contributed by atoms with Gasteiger partial charge in [0.05, 0.1) is 5.69 Å². The molecule has 0 aromatic carbocycles. The molecule has 1 aliphatic rings. The molecule has 3 N–H and O–H groups in total. The molecule has 0 aliphatic carbocycles. The lowest BCUT2D eigenvalue weighted by atomic mass is 9.99. The van der Waals surface area contributed by atoms with Crippen LogP contribution in [0.2, 0.25) is 0 Å². The van der Waals surface area contributed by atoms with E-state index in [4.69, 9.17) is 5.73 Å². The molecule has 0 spiro atoms. The van der Waals surface area contributed by atoms with Gasteiger partial charge >= 0.3 is 0 Å². The molecule has 1 saturated heterocycles. The number of nitrogens with zero attached hydrogens (tertiary/aromatic N) is 7. The number of anilines is 1. The van der Waals surface area contributed by atoms with Crippen LogP contribution in [0.1, 0.15) is 49.8 Å². The molecule has 140 valence electrons. The van der Waals surface area contributed by atoms with Gasteiger partial charge < -0.3 is 5.73 Å². The van der Waals surface area contributed by atoms with Crippen molar-refractivity contribution < 1.29 is 9.42 Å². The first-order valence-corrected chi connectivity index (χ1v) is 8.52. The number of piperidine rings is 1. The minimum atomic E-state index is -0.437. The zero-order valence-corrected chi connectivity index (χ0v) is 15.1. The molecule has 1 fully saturated rings. The number of nitrogen functional groups attached to an aromatic ring is 1. The molecule has 11 heteroatoms. The summed E-state index contributed by atoms with van der Waals surface area (Å²) < 4.78 is 6.06. The van der Waals surface area contributed by atoms with Crippen LogP contribution >= 0.6 is 0 Å². The zero-order chi connectivity index (χ0) is 18.7. The van der Waals surface area contributed by atoms with E-state index >= 15 is 0 Å². The maximum atomic E-state index is 12.5. The third-order valence-corrected chi connectivity index (χ3v) is 4.31. The molecular weight excluding hydrogens is 338 g/mol. The van der Waals surface area contributed by atoms with Crippen LogP contribution in [0.3, 0.4) is 0 Å². The van der Waals surface area contributed by atoms with Gasteiger partial charge in [0.25, 0.3) is 5.91 Å². The Kier molecular flexibility index (Phi) is 5.26. The Morgan fingerprint density at radius 3 is 2.69 bits per heavy atom. The van der Waals surface area contributed by atoms with Crippen molar-refractivity contribution >= 4 is 17.4 Å². The van der Waals surface area contributed by atoms with Crippen LogP contribution in [0.4, 0.5) is 5.82 Å². The van der Waals surface area contributed by atoms with E-state index in [1.165, 1.54) is 4.68 Å². The summed E-state index contributed by atoms with van der Waals surface area (Å²) in [7, 11) is 0. The topological polar surface area (TPSA) is 140 Å². The second kappa shape index (κ2) is 7.60. The van der Waals surface area contributed by atoms with E-state index in [0.717, 1.165) is 31.6 Å². The van der Waals surface area contributed by atoms with Gasteiger partial charge in [-0.3, -0.25) is 9.69 Å². The van der Waals surface area contributed by atoms with Crippen LogP contribution in [0.25, 0.3) is 5.82 Å². The van der Waals surface area contributed by atoms with Crippen LogP contribution in [0.15, 0.2) is 9.73 Å². The van der Waals surface area contributed by atoms with Crippen LogP contribution in [0, 0.1) is 5.92 Å². The lowest BCUT2D eigenvalue weighted by Crippen LogP contribution is -2.34. The van der Waals surface area contributed by atoms with Gasteiger partial charge in [-0.2, -0.15) is 9.78 Å². The summed E-state index contributed by atoms with van der Waals surface area (Å²) in [6.45, 7) is 8.18. The number of likely N-dealkylation sites (tertiary alicyclic amines) is 1. The van der Waals surface area contributed by atoms with Crippen molar-refractivity contribution in [1.82, 2.24) is 35.6 Å². The van der Waals surface area contributed by atoms with Gasteiger partial charge in [0.2, 0.25) is 11.6 Å². The van der Waals surface area contributed by atoms with Crippen LogP contribution < -0.4 is 11.2 Å². The second-order valence-electron chi connectivity index (χ2n) is 6.73. The van der Waals surface area contributed by atoms with E-state index < -0.39 is 5.91 Å². The maximum Gasteiger partial charge on any atom is 0.293 e. The fraction of sp³-hybridized carbons (Fsp3) is 0.600. The molecule has 2 aromatic heterocycles. The Balaban J connectivity index is 1.91. The van der Waals surface area contributed by atoms with Gasteiger partial charge in [-0.1, -0.05) is 12.1 Å². The minimum absolute atomic E-state index is 0.0813. The minimum Gasteiger partial charge on any atom is -0.378 e. The zero-order valence-electron chi connectivity index (χ0n) is 15.1. The van der Waals surface area contributed by atoms with Crippen molar-refractivity contribution in [3.63, 3.8) is 0 Å². The highest BCUT2D eigenvalue weighted by Crippen LogP contribution is 2.21. The number of aromatic nitrogens is 5. The molecule has 1 aliphatic heterocycles. The average molecular weight is 361 g/mol. The first-order valence-electron chi connectivity index (χ1n) is 8.52. The van der Waals surface area contributed by atoms with Crippen LogP contribution in [-0.4, -0.2) is 54.9 Å². The molecule has 0 radical (unpaired) electrons. The van der Waals surface area contributed by atoms with E-state index in [2.05, 4.69) is 47.6 Å². The summed E-state index contributed by atoms with van der Waals surface area (Å²) >= 11 is 0. The standard InChI is InChI=1S/C15H23N9O2/c1-9(2)17-19-15(25)12-11(8-23-6-4-10(3)5-7-23)24(22-18-12)14-13(16)20-26-21-14/h10H,4-8H2,1-3H3,(H2,16,20)(H,19,25). The highest BCUT2D eigenvalue weighted by atomic mass is 16.6. The van der Waals surface area contributed by atoms with Gasteiger partial charge in [-0.25, -0.2) is 10.1 Å². The highest BCUT2D eigenvalue weighted by molar-refractivity contribution is 5.94. The van der Waals surface area contributed by atoms with E-state index in [-0.39, 0.29) is 17.3 Å². The van der Waals surface area contributed by atoms with Crippen molar-refractivity contribution in [2.24, 2.45) is 11.0 Å². The van der Waals surface area contributed by atoms with E-state index in [0.29, 0.717) is 18.2 Å². The van der Waals surface area contributed by atoms with Gasteiger partial charge in [0.1, 0.15) is 0 Å². The van der Waals surface area contributed by atoms with Gasteiger partial charge in [-0.15, -0.1) is 5.10 Å². The fourth-order valence-electron chi connectivity index (χ4n) is 2.78. The summed E-state index contributed by atoms with van der Waals surface area (Å²) in [6, 6.07) is 0. The highest BCUT2D eigenvalue weighted by Gasteiger charge is 2.26. The predicted octanol–water partition coefficient (Wildman–Crippen LogP) is 0.590. The Bertz CT molecular complexity index is 798. The number of carbonyl (C=O) groups is 1. The van der Waals surface area contributed by atoms with Gasteiger partial charge in [-0.05, 0) is 56.0 Å². The lowest BCUT2D eigenvalue weighted by molar-refractivity contribution is 0.0946. The smallest absolute Gasteiger partial charge is 0.293 e. The SMILES string of the molecule is CC(C)=NNC(=O)c1nnn(-c2nonc2N)c1CN1CCC(C)CC1. The predicted molar refractivity (Wildman–Crippen MR) is 93.6 cm³/mol. The summed E-state index contributed by atoms with van der Waals surface area (Å²) in [5.74, 6) is 0.562. The number of hydrazone groups is 1. The van der Waals surface area contributed by atoms with Crippen molar-refractivity contribution in [3.8, 4) is 5.82 Å². The van der Waals surface area contributed by atoms with Crippen molar-refractivity contribution in [3.05, 3.63) is 11.4 Å². The maximum absolute atomic E-state index is 12.5. The Hall–Kier alpha value is -2.82. The molecule has 0 bridgehead atoms. The number of nitrogens with one attached hydrogen (secondary N) is 1. The van der Waals surface area contributed by atoms with Crippen LogP contribution in [-0.2, 0) is 6.54 Å². The van der Waals surface area contributed by atoms with E-state index in [1.54, 1.807) is 13.8 Å². The number of nitrogens with two attached hydrogens (primary N) is 1. The summed E-state index contributed by atoms with van der Waals surface area (Å²) in [5.41, 5.74) is 9.74. The van der Waals surface area contributed by atoms with Crippen molar-refractivity contribution in [2.45, 2.75) is 40.2 Å². The lowest BCUT2D eigenvalue weighted by Gasteiger charge is -2.30. The third-order valence-electron chi connectivity index (χ3n) is 4.31.